The predicted octanol–water partition coefficient (Wildman–Crippen LogP) is 3.50. The molecule has 0 spiro atoms. The third-order valence-electron chi connectivity index (χ3n) is 3.65. The van der Waals surface area contributed by atoms with Crippen LogP contribution in [0, 0.1) is 0 Å². The average Bonchev–Trinajstić information content (AvgIpc) is 2.35. The Bertz CT molecular complexity index is 151. The third-order valence-corrected chi connectivity index (χ3v) is 3.65. The molecule has 2 nitrogen and oxygen atoms in total. The Kier molecular flexibility index (Phi) is 7.87. The van der Waals surface area contributed by atoms with Gasteiger partial charge in [-0.25, -0.2) is 0 Å². The van der Waals surface area contributed by atoms with E-state index in [2.05, 4.69) is 19.2 Å². The van der Waals surface area contributed by atoms with Crippen LogP contribution in [0.4, 0.5) is 0 Å². The van der Waals surface area contributed by atoms with Gasteiger partial charge in [0.25, 0.3) is 0 Å². The highest BCUT2D eigenvalue weighted by Gasteiger charge is 2.12. The summed E-state index contributed by atoms with van der Waals surface area (Å²) in [6.45, 7) is 6.55. The molecule has 96 valence electrons. The molecule has 1 fully saturated rings. The summed E-state index contributed by atoms with van der Waals surface area (Å²) in [6, 6.07) is 0.703. The molecule has 0 atom stereocenters. The van der Waals surface area contributed by atoms with Crippen LogP contribution in [-0.4, -0.2) is 25.3 Å². The van der Waals surface area contributed by atoms with Gasteiger partial charge in [-0.1, -0.05) is 33.1 Å². The summed E-state index contributed by atoms with van der Waals surface area (Å²) in [5.41, 5.74) is 0. The van der Waals surface area contributed by atoms with Crippen molar-refractivity contribution in [1.82, 2.24) is 5.32 Å². The Hall–Kier alpha value is -0.0800. The zero-order valence-corrected chi connectivity index (χ0v) is 11.1. The lowest BCUT2D eigenvalue weighted by molar-refractivity contribution is 0.0271. The number of hydrogen-bond donors (Lipinski definition) is 1. The van der Waals surface area contributed by atoms with Gasteiger partial charge in [0.15, 0.2) is 0 Å². The largest absolute Gasteiger partial charge is 0.378 e. The third kappa shape index (κ3) is 5.86. The van der Waals surface area contributed by atoms with Gasteiger partial charge in [0.05, 0.1) is 6.10 Å². The Morgan fingerprint density at radius 2 is 1.81 bits per heavy atom. The van der Waals surface area contributed by atoms with Crippen LogP contribution in [0.15, 0.2) is 0 Å². The van der Waals surface area contributed by atoms with Gasteiger partial charge in [-0.3, -0.25) is 0 Å². The van der Waals surface area contributed by atoms with Gasteiger partial charge in [-0.2, -0.15) is 0 Å². The summed E-state index contributed by atoms with van der Waals surface area (Å²) >= 11 is 0. The first kappa shape index (κ1) is 14.0. The van der Waals surface area contributed by atoms with Crippen molar-refractivity contribution < 1.29 is 4.74 Å². The van der Waals surface area contributed by atoms with Crippen molar-refractivity contribution in [3.8, 4) is 0 Å². The van der Waals surface area contributed by atoms with Crippen molar-refractivity contribution in [2.45, 2.75) is 77.4 Å². The first-order valence-electron chi connectivity index (χ1n) is 7.21. The highest BCUT2D eigenvalue weighted by atomic mass is 16.5. The molecule has 0 aromatic heterocycles. The SMILES string of the molecule is CCC(CC)NCCCOC1CCCCC1. The van der Waals surface area contributed by atoms with Crippen molar-refractivity contribution >= 4 is 0 Å². The summed E-state index contributed by atoms with van der Waals surface area (Å²) in [4.78, 5) is 0. The molecule has 16 heavy (non-hydrogen) atoms. The zero-order valence-electron chi connectivity index (χ0n) is 11.1. The maximum absolute atomic E-state index is 5.89. The molecule has 0 bridgehead atoms. The molecule has 1 saturated carbocycles. The first-order valence-corrected chi connectivity index (χ1v) is 7.21. The monoisotopic (exact) mass is 227 g/mol. The summed E-state index contributed by atoms with van der Waals surface area (Å²) in [6.07, 6.45) is 10.9. The fourth-order valence-corrected chi connectivity index (χ4v) is 2.44. The lowest BCUT2D eigenvalue weighted by atomic mass is 9.98. The van der Waals surface area contributed by atoms with E-state index in [1.54, 1.807) is 0 Å². The normalized spacial score (nSPS) is 18.2. The highest BCUT2D eigenvalue weighted by Crippen LogP contribution is 2.20. The molecule has 0 aromatic carbocycles. The van der Waals surface area contributed by atoms with E-state index in [0.717, 1.165) is 19.6 Å². The van der Waals surface area contributed by atoms with E-state index in [9.17, 15) is 0 Å². The summed E-state index contributed by atoms with van der Waals surface area (Å²) in [5.74, 6) is 0. The van der Waals surface area contributed by atoms with Crippen LogP contribution in [-0.2, 0) is 4.74 Å². The fraction of sp³-hybridized carbons (Fsp3) is 1.00. The second kappa shape index (κ2) is 9.00. The Balaban J connectivity index is 1.90. The Morgan fingerprint density at radius 1 is 1.12 bits per heavy atom. The van der Waals surface area contributed by atoms with Gasteiger partial charge in [-0.15, -0.1) is 0 Å². The van der Waals surface area contributed by atoms with Crippen LogP contribution in [0.1, 0.15) is 65.2 Å². The topological polar surface area (TPSA) is 21.3 Å². The molecule has 0 amide bonds. The number of nitrogens with one attached hydrogen (secondary N) is 1. The van der Waals surface area contributed by atoms with Crippen LogP contribution < -0.4 is 5.32 Å². The molecule has 0 unspecified atom stereocenters. The van der Waals surface area contributed by atoms with Crippen molar-refractivity contribution in [2.24, 2.45) is 0 Å². The van der Waals surface area contributed by atoms with Crippen molar-refractivity contribution in [3.63, 3.8) is 0 Å². The molecule has 1 aliphatic rings. The number of hydrogen-bond acceptors (Lipinski definition) is 2. The minimum absolute atomic E-state index is 0.571. The standard InChI is InChI=1S/C14H29NO/c1-3-13(4-2)15-11-8-12-16-14-9-6-5-7-10-14/h13-15H,3-12H2,1-2H3. The van der Waals surface area contributed by atoms with Crippen molar-refractivity contribution in [3.05, 3.63) is 0 Å². The molecule has 2 heteroatoms. The van der Waals surface area contributed by atoms with Gasteiger partial charge in [-0.05, 0) is 38.6 Å². The molecular formula is C14H29NO. The lowest BCUT2D eigenvalue weighted by Crippen LogP contribution is -2.29. The van der Waals surface area contributed by atoms with Gasteiger partial charge >= 0.3 is 0 Å². The summed E-state index contributed by atoms with van der Waals surface area (Å²) < 4.78 is 5.89. The van der Waals surface area contributed by atoms with Crippen LogP contribution >= 0.6 is 0 Å². The van der Waals surface area contributed by atoms with Crippen LogP contribution in [0.25, 0.3) is 0 Å². The lowest BCUT2D eigenvalue weighted by Gasteiger charge is -2.22. The van der Waals surface area contributed by atoms with Gasteiger partial charge in [0, 0.05) is 12.6 Å². The zero-order chi connectivity index (χ0) is 11.6. The molecular weight excluding hydrogens is 198 g/mol. The van der Waals surface area contributed by atoms with Crippen molar-refractivity contribution in [2.75, 3.05) is 13.2 Å². The molecule has 0 aromatic rings. The van der Waals surface area contributed by atoms with Gasteiger partial charge < -0.3 is 10.1 Å². The van der Waals surface area contributed by atoms with Crippen LogP contribution in [0.5, 0.6) is 0 Å². The van der Waals surface area contributed by atoms with E-state index in [1.807, 2.05) is 0 Å². The second-order valence-electron chi connectivity index (χ2n) is 4.95. The van der Waals surface area contributed by atoms with E-state index in [0.29, 0.717) is 12.1 Å². The molecule has 1 aliphatic carbocycles. The maximum atomic E-state index is 5.89. The van der Waals surface area contributed by atoms with Gasteiger partial charge in [0.2, 0.25) is 0 Å². The molecule has 1 rings (SSSR count). The van der Waals surface area contributed by atoms with E-state index in [4.69, 9.17) is 4.74 Å². The maximum Gasteiger partial charge on any atom is 0.0575 e. The minimum Gasteiger partial charge on any atom is -0.378 e. The Labute approximate surface area is 101 Å². The van der Waals surface area contributed by atoms with Crippen molar-refractivity contribution in [1.29, 1.82) is 0 Å². The fourth-order valence-electron chi connectivity index (χ4n) is 2.44. The molecule has 0 heterocycles. The number of ether oxygens (including phenoxy) is 1. The smallest absolute Gasteiger partial charge is 0.0575 e. The van der Waals surface area contributed by atoms with E-state index in [1.165, 1.54) is 44.9 Å². The summed E-state index contributed by atoms with van der Waals surface area (Å²) in [7, 11) is 0. The molecule has 0 radical (unpaired) electrons. The summed E-state index contributed by atoms with van der Waals surface area (Å²) in [5, 5.41) is 3.58. The quantitative estimate of drug-likeness (QED) is 0.641. The first-order chi connectivity index (χ1) is 7.86. The van der Waals surface area contributed by atoms with E-state index >= 15 is 0 Å². The predicted molar refractivity (Wildman–Crippen MR) is 69.8 cm³/mol. The van der Waals surface area contributed by atoms with Gasteiger partial charge in [0.1, 0.15) is 0 Å². The Morgan fingerprint density at radius 3 is 2.44 bits per heavy atom. The van der Waals surface area contributed by atoms with E-state index in [-0.39, 0.29) is 0 Å². The van der Waals surface area contributed by atoms with Crippen LogP contribution in [0.2, 0.25) is 0 Å². The van der Waals surface area contributed by atoms with E-state index < -0.39 is 0 Å². The molecule has 1 N–H and O–H groups in total. The number of rotatable bonds is 8. The average molecular weight is 227 g/mol. The minimum atomic E-state index is 0.571. The van der Waals surface area contributed by atoms with Crippen LogP contribution in [0.3, 0.4) is 0 Å². The molecule has 0 aliphatic heterocycles. The molecule has 0 saturated heterocycles. The highest BCUT2D eigenvalue weighted by molar-refractivity contribution is 4.66. The second-order valence-corrected chi connectivity index (χ2v) is 4.95.